The minimum Gasteiger partial charge on any atom is -0.539 e. The molecule has 1 aliphatic heterocycles. The Labute approximate surface area is 291 Å². The van der Waals surface area contributed by atoms with Gasteiger partial charge in [-0.3, -0.25) is 4.57 Å². The van der Waals surface area contributed by atoms with Gasteiger partial charge >= 0.3 is 0 Å². The van der Waals surface area contributed by atoms with Crippen molar-refractivity contribution in [1.29, 1.82) is 0 Å². The first-order valence-electron chi connectivity index (χ1n) is 17.4. The quantitative estimate of drug-likeness (QED) is 0.167. The molecule has 0 aliphatic carbocycles. The first kappa shape index (κ1) is 31.1. The van der Waals surface area contributed by atoms with Gasteiger partial charge in [-0.05, 0) is 99.4 Å². The average Bonchev–Trinajstić information content (AvgIpc) is 3.50. The van der Waals surface area contributed by atoms with Gasteiger partial charge < -0.3 is 4.43 Å². The number of fused-ring (bicyclic) bond motifs is 4. The van der Waals surface area contributed by atoms with E-state index in [9.17, 15) is 0 Å². The predicted octanol–water partition coefficient (Wildman–Crippen LogP) is 11.7. The summed E-state index contributed by atoms with van der Waals surface area (Å²) in [4.78, 5) is 5.40. The van der Waals surface area contributed by atoms with E-state index in [0.717, 1.165) is 33.7 Å². The number of hydrogen-bond donors (Lipinski definition) is 0. The van der Waals surface area contributed by atoms with E-state index in [0.29, 0.717) is 11.8 Å². The largest absolute Gasteiger partial charge is 0.539 e. The van der Waals surface area contributed by atoms with Crippen LogP contribution in [-0.2, 0) is 0 Å². The number of imidazole rings is 1. The van der Waals surface area contributed by atoms with Crippen LogP contribution in [0.4, 0.5) is 0 Å². The molecule has 6 aromatic carbocycles. The van der Waals surface area contributed by atoms with Gasteiger partial charge in [0.05, 0.1) is 22.3 Å². The van der Waals surface area contributed by atoms with Crippen molar-refractivity contribution in [3.8, 4) is 56.2 Å². The van der Waals surface area contributed by atoms with Crippen molar-refractivity contribution < 1.29 is 4.43 Å². The van der Waals surface area contributed by atoms with Crippen molar-refractivity contribution >= 4 is 24.5 Å². The smallest absolute Gasteiger partial charge is 0.277 e. The van der Waals surface area contributed by atoms with E-state index >= 15 is 0 Å². The van der Waals surface area contributed by atoms with Crippen LogP contribution in [0.1, 0.15) is 50.7 Å². The summed E-state index contributed by atoms with van der Waals surface area (Å²) in [7, 11) is -2.37. The van der Waals surface area contributed by atoms with Crippen LogP contribution in [0.5, 0.6) is 5.75 Å². The summed E-state index contributed by atoms with van der Waals surface area (Å²) in [6, 6.07) is 48.2. The molecule has 0 saturated heterocycles. The van der Waals surface area contributed by atoms with E-state index in [-0.39, 0.29) is 0 Å². The molecule has 7 aromatic rings. The van der Waals surface area contributed by atoms with Gasteiger partial charge in [0.25, 0.3) is 8.32 Å². The maximum Gasteiger partial charge on any atom is 0.277 e. The molecule has 0 saturated carbocycles. The third kappa shape index (κ3) is 5.32. The number of aromatic nitrogens is 2. The second-order valence-electron chi connectivity index (χ2n) is 14.4. The maximum absolute atomic E-state index is 7.23. The Hall–Kier alpha value is -5.19. The lowest BCUT2D eigenvalue weighted by Gasteiger charge is -2.35. The molecular formula is C45H42N2OSi. The zero-order chi connectivity index (χ0) is 33.9. The Morgan fingerprint density at radius 3 is 1.80 bits per heavy atom. The van der Waals surface area contributed by atoms with Crippen molar-refractivity contribution in [1.82, 2.24) is 9.55 Å². The second kappa shape index (κ2) is 12.0. The molecule has 0 amide bonds. The Balaban J connectivity index is 1.39. The molecular weight excluding hydrogens is 613 g/mol. The molecule has 2 heterocycles. The van der Waals surface area contributed by atoms with Gasteiger partial charge in [-0.1, -0.05) is 131 Å². The zero-order valence-electron chi connectivity index (χ0n) is 29.2. The summed E-state index contributed by atoms with van der Waals surface area (Å²) < 4.78 is 9.65. The van der Waals surface area contributed by atoms with Crippen LogP contribution in [0.3, 0.4) is 0 Å². The Bertz CT molecular complexity index is 2310. The highest BCUT2D eigenvalue weighted by molar-refractivity contribution is 6.86. The Morgan fingerprint density at radius 2 is 1.14 bits per heavy atom. The van der Waals surface area contributed by atoms with E-state index in [1.807, 2.05) is 0 Å². The van der Waals surface area contributed by atoms with Gasteiger partial charge in [0.15, 0.2) is 0 Å². The van der Waals surface area contributed by atoms with Crippen LogP contribution in [0.15, 0.2) is 133 Å². The van der Waals surface area contributed by atoms with Crippen molar-refractivity contribution in [2.24, 2.45) is 0 Å². The van der Waals surface area contributed by atoms with Gasteiger partial charge in [-0.15, -0.1) is 0 Å². The third-order valence-electron chi connectivity index (χ3n) is 9.98. The molecule has 0 fully saturated rings. The SMILES string of the molecule is CC(C)c1cc(-c2ccccc2)cc(C(C)C)c1-n1c(-c2cccc3c2O[Si](C)(C)c2cc(-c4ccccc4)ccc2-3)nc2ccccc21. The molecule has 1 aromatic heterocycles. The topological polar surface area (TPSA) is 27.1 Å². The molecule has 0 N–H and O–H groups in total. The molecule has 0 unspecified atom stereocenters. The van der Waals surface area contributed by atoms with Crippen molar-refractivity contribution in [3.05, 3.63) is 145 Å². The average molecular weight is 655 g/mol. The molecule has 0 atom stereocenters. The molecule has 8 rings (SSSR count). The normalized spacial score (nSPS) is 13.4. The number of benzene rings is 6. The monoisotopic (exact) mass is 654 g/mol. The van der Waals surface area contributed by atoms with E-state index < -0.39 is 8.32 Å². The molecule has 3 nitrogen and oxygen atoms in total. The fraction of sp³-hybridized carbons (Fsp3) is 0.178. The highest BCUT2D eigenvalue weighted by atomic mass is 28.4. The fourth-order valence-corrected chi connectivity index (χ4v) is 9.69. The van der Waals surface area contributed by atoms with Crippen LogP contribution in [0.25, 0.3) is 61.5 Å². The molecule has 0 bridgehead atoms. The Morgan fingerprint density at radius 1 is 0.551 bits per heavy atom. The minimum absolute atomic E-state index is 0.295. The highest BCUT2D eigenvalue weighted by Crippen LogP contribution is 2.46. The van der Waals surface area contributed by atoms with Crippen LogP contribution in [0.2, 0.25) is 13.1 Å². The molecule has 4 heteroatoms. The summed E-state index contributed by atoms with van der Waals surface area (Å²) in [5.74, 6) is 2.45. The first-order chi connectivity index (χ1) is 23.7. The molecule has 0 spiro atoms. The summed E-state index contributed by atoms with van der Waals surface area (Å²) in [6.45, 7) is 13.9. The van der Waals surface area contributed by atoms with Crippen molar-refractivity contribution in [2.75, 3.05) is 0 Å². The summed E-state index contributed by atoms with van der Waals surface area (Å²) in [5, 5.41) is 1.33. The van der Waals surface area contributed by atoms with Gasteiger partial charge in [0.2, 0.25) is 0 Å². The summed E-state index contributed by atoms with van der Waals surface area (Å²) in [5.41, 5.74) is 14.3. The number of nitrogens with zero attached hydrogens (tertiary/aromatic N) is 2. The second-order valence-corrected chi connectivity index (χ2v) is 18.1. The maximum atomic E-state index is 7.23. The van der Waals surface area contributed by atoms with Crippen LogP contribution < -0.4 is 9.61 Å². The standard InChI is InChI=1S/C45H42N2OSi/c1-29(2)38-26-34(32-18-11-8-12-19-32)27-39(30(3)4)43(38)47-41-23-14-13-22-40(41)46-45(47)37-21-15-20-36-35-25-24-33(31-16-9-7-10-17-31)28-42(35)49(5,6)48-44(36)37/h7-30H,1-6H3. The van der Waals surface area contributed by atoms with Gasteiger partial charge in [-0.2, -0.15) is 0 Å². The van der Waals surface area contributed by atoms with Gasteiger partial charge in [-0.25, -0.2) is 4.98 Å². The van der Waals surface area contributed by atoms with E-state index in [1.54, 1.807) is 0 Å². The van der Waals surface area contributed by atoms with Gasteiger partial charge in [0.1, 0.15) is 11.6 Å². The predicted molar refractivity (Wildman–Crippen MR) is 209 cm³/mol. The summed E-state index contributed by atoms with van der Waals surface area (Å²) in [6.07, 6.45) is 0. The number of hydrogen-bond acceptors (Lipinski definition) is 2. The third-order valence-corrected chi connectivity index (χ3v) is 12.4. The lowest BCUT2D eigenvalue weighted by atomic mass is 9.88. The van der Waals surface area contributed by atoms with Crippen LogP contribution in [-0.4, -0.2) is 17.9 Å². The van der Waals surface area contributed by atoms with Crippen LogP contribution in [0, 0.1) is 0 Å². The molecule has 1 aliphatic rings. The van der Waals surface area contributed by atoms with Crippen molar-refractivity contribution in [3.63, 3.8) is 0 Å². The lowest BCUT2D eigenvalue weighted by molar-refractivity contribution is 0.564. The van der Waals surface area contributed by atoms with E-state index in [1.165, 1.54) is 49.8 Å². The number of rotatable bonds is 6. The number of para-hydroxylation sites is 3. The zero-order valence-corrected chi connectivity index (χ0v) is 30.2. The van der Waals surface area contributed by atoms with E-state index in [2.05, 4.69) is 179 Å². The minimum atomic E-state index is -2.37. The molecule has 242 valence electrons. The van der Waals surface area contributed by atoms with Gasteiger partial charge in [0, 0.05) is 5.56 Å². The van der Waals surface area contributed by atoms with Crippen molar-refractivity contribution in [2.45, 2.75) is 52.6 Å². The Kier molecular flexibility index (Phi) is 7.65. The first-order valence-corrected chi connectivity index (χ1v) is 20.4. The fourth-order valence-electron chi connectivity index (χ4n) is 7.48. The van der Waals surface area contributed by atoms with E-state index in [4.69, 9.17) is 9.41 Å². The van der Waals surface area contributed by atoms with Crippen LogP contribution >= 0.6 is 0 Å². The molecule has 49 heavy (non-hydrogen) atoms. The lowest BCUT2D eigenvalue weighted by Crippen LogP contribution is -2.51. The summed E-state index contributed by atoms with van der Waals surface area (Å²) >= 11 is 0. The molecule has 0 radical (unpaired) electrons. The highest BCUT2D eigenvalue weighted by Gasteiger charge is 2.38.